The van der Waals surface area contributed by atoms with E-state index in [9.17, 15) is 9.59 Å². The summed E-state index contributed by atoms with van der Waals surface area (Å²) in [6.07, 6.45) is 0. The van der Waals surface area contributed by atoms with Crippen LogP contribution in [0.1, 0.15) is 34.2 Å². The first-order chi connectivity index (χ1) is 15.1. The lowest BCUT2D eigenvalue weighted by Crippen LogP contribution is -2.44. The van der Waals surface area contributed by atoms with E-state index < -0.39 is 23.4 Å². The molecule has 0 unspecified atom stereocenters. The number of nitrogens with one attached hydrogen (secondary N) is 2. The second-order valence-corrected chi connectivity index (χ2v) is 8.27. The minimum atomic E-state index is -0.994. The number of anilines is 1. The minimum Gasteiger partial charge on any atom is -0.468 e. The minimum absolute atomic E-state index is 0.105. The summed E-state index contributed by atoms with van der Waals surface area (Å²) in [5, 5.41) is 6.58. The number of ether oxygens (including phenoxy) is 1. The van der Waals surface area contributed by atoms with Crippen LogP contribution in [-0.2, 0) is 19.7 Å². The molecule has 2 heterocycles. The number of hydrogen-bond donors (Lipinski definition) is 2. The molecule has 2 aliphatic heterocycles. The molecule has 0 aromatic heterocycles. The highest BCUT2D eigenvalue weighted by atomic mass is 16.5. The highest BCUT2D eigenvalue weighted by molar-refractivity contribution is 6.09. The monoisotopic (exact) mass is 412 g/mol. The third-order valence-electron chi connectivity index (χ3n) is 6.65. The van der Waals surface area contributed by atoms with Crippen molar-refractivity contribution < 1.29 is 14.3 Å². The van der Waals surface area contributed by atoms with Crippen molar-refractivity contribution in [2.75, 3.05) is 12.4 Å². The molecule has 0 saturated carbocycles. The van der Waals surface area contributed by atoms with Gasteiger partial charge in [-0.3, -0.25) is 14.9 Å². The van der Waals surface area contributed by atoms with Crippen molar-refractivity contribution >= 4 is 17.6 Å². The van der Waals surface area contributed by atoms with E-state index in [2.05, 4.69) is 10.6 Å². The van der Waals surface area contributed by atoms with Crippen LogP contribution in [0.5, 0.6) is 0 Å². The van der Waals surface area contributed by atoms with Gasteiger partial charge in [0.05, 0.1) is 13.2 Å². The maximum Gasteiger partial charge on any atom is 0.323 e. The molecule has 1 fully saturated rings. The second-order valence-electron chi connectivity index (χ2n) is 8.27. The zero-order valence-electron chi connectivity index (χ0n) is 17.5. The van der Waals surface area contributed by atoms with Crippen molar-refractivity contribution in [3.63, 3.8) is 0 Å². The Kier molecular flexibility index (Phi) is 4.63. The van der Waals surface area contributed by atoms with E-state index in [0.717, 1.165) is 27.9 Å². The van der Waals surface area contributed by atoms with Gasteiger partial charge in [-0.05, 0) is 29.7 Å². The van der Waals surface area contributed by atoms with Crippen LogP contribution < -0.4 is 10.6 Å². The van der Waals surface area contributed by atoms with E-state index in [1.807, 2.05) is 85.8 Å². The molecule has 5 heteroatoms. The Hall–Kier alpha value is -3.44. The average Bonchev–Trinajstić information content (AvgIpc) is 3.31. The largest absolute Gasteiger partial charge is 0.468 e. The molecule has 0 radical (unpaired) electrons. The van der Waals surface area contributed by atoms with Crippen molar-refractivity contribution in [1.29, 1.82) is 0 Å². The van der Waals surface area contributed by atoms with Crippen molar-refractivity contribution in [2.24, 2.45) is 0 Å². The second kappa shape index (κ2) is 7.36. The predicted molar refractivity (Wildman–Crippen MR) is 119 cm³/mol. The third kappa shape index (κ3) is 2.81. The van der Waals surface area contributed by atoms with Gasteiger partial charge in [0, 0.05) is 11.6 Å². The molecular weight excluding hydrogens is 388 g/mol. The SMILES string of the molecule is COC(=O)[C@@H]1N[C@H](c2ccc(C)cc2)[C@]2(C(=O)Nc3ccccc32)[C@H]1c1ccccc1. The van der Waals surface area contributed by atoms with Crippen molar-refractivity contribution in [3.8, 4) is 0 Å². The van der Waals surface area contributed by atoms with Gasteiger partial charge in [0.1, 0.15) is 11.5 Å². The van der Waals surface area contributed by atoms with E-state index >= 15 is 0 Å². The molecule has 1 spiro atoms. The fourth-order valence-electron chi connectivity index (χ4n) is 5.31. The fourth-order valence-corrected chi connectivity index (χ4v) is 5.31. The van der Waals surface area contributed by atoms with Crippen LogP contribution in [0.4, 0.5) is 5.69 Å². The van der Waals surface area contributed by atoms with Gasteiger partial charge in [0.2, 0.25) is 5.91 Å². The van der Waals surface area contributed by atoms with E-state index in [1.165, 1.54) is 7.11 Å². The lowest BCUT2D eigenvalue weighted by Gasteiger charge is -2.35. The van der Waals surface area contributed by atoms with E-state index in [-0.39, 0.29) is 11.9 Å². The molecule has 31 heavy (non-hydrogen) atoms. The maximum absolute atomic E-state index is 13.8. The number of aryl methyl sites for hydroxylation is 1. The van der Waals surface area contributed by atoms with Gasteiger partial charge < -0.3 is 10.1 Å². The Bertz CT molecular complexity index is 1140. The predicted octanol–water partition coefficient (Wildman–Crippen LogP) is 3.85. The number of benzene rings is 3. The Morgan fingerprint density at radius 3 is 2.29 bits per heavy atom. The van der Waals surface area contributed by atoms with E-state index in [1.54, 1.807) is 0 Å². The molecule has 3 aromatic carbocycles. The number of rotatable bonds is 3. The summed E-state index contributed by atoms with van der Waals surface area (Å²) in [6, 6.07) is 24.6. The zero-order chi connectivity index (χ0) is 21.6. The van der Waals surface area contributed by atoms with Gasteiger partial charge in [-0.15, -0.1) is 0 Å². The Balaban J connectivity index is 1.81. The quantitative estimate of drug-likeness (QED) is 0.641. The summed E-state index contributed by atoms with van der Waals surface area (Å²) in [5.74, 6) is -0.914. The van der Waals surface area contributed by atoms with Crippen molar-refractivity contribution in [1.82, 2.24) is 5.32 Å². The lowest BCUT2D eigenvalue weighted by molar-refractivity contribution is -0.143. The molecule has 4 atom stereocenters. The number of amides is 1. The first-order valence-corrected chi connectivity index (χ1v) is 10.4. The van der Waals surface area contributed by atoms with Gasteiger partial charge >= 0.3 is 5.97 Å². The first kappa shape index (κ1) is 19.5. The maximum atomic E-state index is 13.8. The summed E-state index contributed by atoms with van der Waals surface area (Å²) >= 11 is 0. The molecule has 0 bridgehead atoms. The normalized spacial score (nSPS) is 26.5. The molecule has 3 aromatic rings. The number of hydrogen-bond acceptors (Lipinski definition) is 4. The number of para-hydroxylation sites is 1. The first-order valence-electron chi connectivity index (χ1n) is 10.4. The number of methoxy groups -OCH3 is 1. The van der Waals surface area contributed by atoms with Gasteiger partial charge in [0.15, 0.2) is 0 Å². The number of esters is 1. The summed E-state index contributed by atoms with van der Waals surface area (Å²) in [4.78, 5) is 26.8. The van der Waals surface area contributed by atoms with Gasteiger partial charge in [-0.1, -0.05) is 78.4 Å². The van der Waals surface area contributed by atoms with Crippen molar-refractivity contribution in [3.05, 3.63) is 101 Å². The Morgan fingerprint density at radius 2 is 1.58 bits per heavy atom. The molecule has 2 aliphatic rings. The molecule has 2 N–H and O–H groups in total. The zero-order valence-corrected chi connectivity index (χ0v) is 17.5. The summed E-state index contributed by atoms with van der Waals surface area (Å²) in [5.41, 5.74) is 3.72. The summed E-state index contributed by atoms with van der Waals surface area (Å²) in [6.45, 7) is 2.03. The molecular formula is C26H24N2O3. The molecule has 1 amide bonds. The number of fused-ring (bicyclic) bond motifs is 2. The summed E-state index contributed by atoms with van der Waals surface area (Å²) in [7, 11) is 1.39. The average molecular weight is 412 g/mol. The smallest absolute Gasteiger partial charge is 0.323 e. The van der Waals surface area contributed by atoms with Crippen LogP contribution in [0.3, 0.4) is 0 Å². The van der Waals surface area contributed by atoms with Crippen LogP contribution in [-0.4, -0.2) is 25.0 Å². The van der Waals surface area contributed by atoms with E-state index in [0.29, 0.717) is 0 Å². The molecule has 1 saturated heterocycles. The van der Waals surface area contributed by atoms with Crippen LogP contribution in [0, 0.1) is 6.92 Å². The molecule has 5 nitrogen and oxygen atoms in total. The van der Waals surface area contributed by atoms with Crippen LogP contribution >= 0.6 is 0 Å². The highest BCUT2D eigenvalue weighted by Gasteiger charge is 2.66. The lowest BCUT2D eigenvalue weighted by atomic mass is 9.63. The van der Waals surface area contributed by atoms with Gasteiger partial charge in [0.25, 0.3) is 0 Å². The highest BCUT2D eigenvalue weighted by Crippen LogP contribution is 2.59. The van der Waals surface area contributed by atoms with Crippen molar-refractivity contribution in [2.45, 2.75) is 30.3 Å². The number of carbonyl (C=O) groups is 2. The topological polar surface area (TPSA) is 67.4 Å². The van der Waals surface area contributed by atoms with Crippen LogP contribution in [0.2, 0.25) is 0 Å². The molecule has 156 valence electrons. The molecule has 5 rings (SSSR count). The standard InChI is InChI=1S/C26H24N2O3/c1-16-12-14-18(15-13-16)23-26(19-10-6-7-11-20(19)27-25(26)30)21(17-8-4-3-5-9-17)22(28-23)24(29)31-2/h3-15,21-23,28H,1-2H3,(H,27,30)/t21-,22+,23+,26+/m0/s1. The molecule has 0 aliphatic carbocycles. The van der Waals surface area contributed by atoms with Crippen LogP contribution in [0.15, 0.2) is 78.9 Å². The third-order valence-corrected chi connectivity index (χ3v) is 6.65. The summed E-state index contributed by atoms with van der Waals surface area (Å²) < 4.78 is 5.18. The van der Waals surface area contributed by atoms with Crippen LogP contribution in [0.25, 0.3) is 0 Å². The Labute approximate surface area is 181 Å². The van der Waals surface area contributed by atoms with Gasteiger partial charge in [-0.2, -0.15) is 0 Å². The van der Waals surface area contributed by atoms with E-state index in [4.69, 9.17) is 4.74 Å². The number of carbonyl (C=O) groups excluding carboxylic acids is 2. The Morgan fingerprint density at radius 1 is 0.903 bits per heavy atom. The van der Waals surface area contributed by atoms with Gasteiger partial charge in [-0.25, -0.2) is 0 Å². The fraction of sp³-hybridized carbons (Fsp3) is 0.231.